The fourth-order valence-corrected chi connectivity index (χ4v) is 2.50. The third-order valence-corrected chi connectivity index (χ3v) is 3.53. The maximum absolute atomic E-state index is 13.1. The summed E-state index contributed by atoms with van der Waals surface area (Å²) >= 11 is 0. The lowest BCUT2D eigenvalue weighted by molar-refractivity contribution is -0.141. The Morgan fingerprint density at radius 1 is 1.09 bits per heavy atom. The smallest absolute Gasteiger partial charge is 0.433 e. The number of alkyl halides is 3. The molecule has 0 aliphatic heterocycles. The van der Waals surface area contributed by atoms with E-state index < -0.39 is 17.8 Å². The average molecular weight is 319 g/mol. The first kappa shape index (κ1) is 15.1. The van der Waals surface area contributed by atoms with E-state index in [9.17, 15) is 18.3 Å². The average Bonchev–Trinajstić information content (AvgIpc) is 2.50. The highest BCUT2D eigenvalue weighted by atomic mass is 19.4. The summed E-state index contributed by atoms with van der Waals surface area (Å²) in [6.07, 6.45) is -3.75. The van der Waals surface area contributed by atoms with E-state index in [-0.39, 0.29) is 17.7 Å². The number of hydrogen-bond donors (Lipinski definition) is 2. The molecular formula is C16H12F3N3O. The number of phenols is 1. The zero-order valence-electron chi connectivity index (χ0n) is 11.8. The normalized spacial score (nSPS) is 11.8. The van der Waals surface area contributed by atoms with Crippen LogP contribution >= 0.6 is 0 Å². The van der Waals surface area contributed by atoms with Gasteiger partial charge in [-0.25, -0.2) is 9.97 Å². The second-order valence-corrected chi connectivity index (χ2v) is 5.06. The summed E-state index contributed by atoms with van der Waals surface area (Å²) in [5.74, 6) is -0.517. The summed E-state index contributed by atoms with van der Waals surface area (Å²) in [5.41, 5.74) is 4.43. The van der Waals surface area contributed by atoms with Gasteiger partial charge in [0.2, 0.25) is 5.95 Å². The maximum Gasteiger partial charge on any atom is 0.433 e. The summed E-state index contributed by atoms with van der Waals surface area (Å²) in [7, 11) is 0. The number of nitrogens with two attached hydrogens (primary N) is 1. The van der Waals surface area contributed by atoms with Crippen LogP contribution in [0.5, 0.6) is 5.75 Å². The summed E-state index contributed by atoms with van der Waals surface area (Å²) in [4.78, 5) is 6.95. The van der Waals surface area contributed by atoms with E-state index in [0.29, 0.717) is 10.9 Å². The monoisotopic (exact) mass is 319 g/mol. The Morgan fingerprint density at radius 3 is 2.57 bits per heavy atom. The topological polar surface area (TPSA) is 72.0 Å². The van der Waals surface area contributed by atoms with Gasteiger partial charge in [-0.3, -0.25) is 0 Å². The molecule has 1 heterocycles. The van der Waals surface area contributed by atoms with E-state index in [1.54, 1.807) is 18.2 Å². The third-order valence-electron chi connectivity index (χ3n) is 3.53. The van der Waals surface area contributed by atoms with Crippen molar-refractivity contribution >= 4 is 16.7 Å². The van der Waals surface area contributed by atoms with Crippen molar-refractivity contribution in [1.82, 2.24) is 9.97 Å². The number of halogens is 3. The van der Waals surface area contributed by atoms with Gasteiger partial charge in [-0.15, -0.1) is 0 Å². The van der Waals surface area contributed by atoms with Gasteiger partial charge in [0.05, 0.1) is 0 Å². The zero-order chi connectivity index (χ0) is 16.6. The molecule has 4 nitrogen and oxygen atoms in total. The molecule has 0 radical (unpaired) electrons. The van der Waals surface area contributed by atoms with Crippen LogP contribution in [-0.2, 0) is 12.6 Å². The Morgan fingerprint density at radius 2 is 1.83 bits per heavy atom. The molecule has 0 spiro atoms. The Balaban J connectivity index is 2.15. The SMILES string of the molecule is Nc1ncc(Cc2c(O)ccc3ccccc23)c(C(F)(F)F)n1. The molecule has 1 aromatic heterocycles. The lowest BCUT2D eigenvalue weighted by Gasteiger charge is -2.14. The summed E-state index contributed by atoms with van der Waals surface area (Å²) in [5, 5.41) is 11.6. The van der Waals surface area contributed by atoms with Gasteiger partial charge < -0.3 is 10.8 Å². The largest absolute Gasteiger partial charge is 0.508 e. The molecule has 3 aromatic rings. The van der Waals surface area contributed by atoms with Crippen LogP contribution in [-0.4, -0.2) is 15.1 Å². The molecule has 0 saturated carbocycles. The van der Waals surface area contributed by atoms with E-state index in [1.165, 1.54) is 6.07 Å². The molecule has 0 aliphatic rings. The van der Waals surface area contributed by atoms with Gasteiger partial charge in [0.25, 0.3) is 0 Å². The van der Waals surface area contributed by atoms with Crippen LogP contribution in [0.1, 0.15) is 16.8 Å². The van der Waals surface area contributed by atoms with Gasteiger partial charge >= 0.3 is 6.18 Å². The van der Waals surface area contributed by atoms with Crippen LogP contribution in [0, 0.1) is 0 Å². The van der Waals surface area contributed by atoms with Gasteiger partial charge in [-0.2, -0.15) is 13.2 Å². The van der Waals surface area contributed by atoms with Gasteiger partial charge in [0.1, 0.15) is 5.75 Å². The molecule has 7 heteroatoms. The van der Waals surface area contributed by atoms with Crippen LogP contribution in [0.2, 0.25) is 0 Å². The molecule has 3 N–H and O–H groups in total. The highest BCUT2D eigenvalue weighted by molar-refractivity contribution is 5.88. The summed E-state index contributed by atoms with van der Waals surface area (Å²) < 4.78 is 39.4. The Bertz CT molecular complexity index is 878. The fourth-order valence-electron chi connectivity index (χ4n) is 2.50. The molecule has 2 aromatic carbocycles. The first-order chi connectivity index (χ1) is 10.9. The van der Waals surface area contributed by atoms with Crippen molar-refractivity contribution in [2.45, 2.75) is 12.6 Å². The lowest BCUT2D eigenvalue weighted by Crippen LogP contribution is -2.15. The molecule has 0 saturated heterocycles. The number of benzene rings is 2. The van der Waals surface area contributed by atoms with Gasteiger partial charge in [-0.1, -0.05) is 30.3 Å². The first-order valence-corrected chi connectivity index (χ1v) is 6.74. The molecule has 0 unspecified atom stereocenters. The Labute approximate surface area is 129 Å². The third kappa shape index (κ3) is 2.90. The van der Waals surface area contributed by atoms with Crippen molar-refractivity contribution < 1.29 is 18.3 Å². The molecule has 0 fully saturated rings. The van der Waals surface area contributed by atoms with Crippen LogP contribution in [0.25, 0.3) is 10.8 Å². The number of fused-ring (bicyclic) bond motifs is 1. The molecule has 0 bridgehead atoms. The highest BCUT2D eigenvalue weighted by Crippen LogP contribution is 2.34. The molecular weight excluding hydrogens is 307 g/mol. The van der Waals surface area contributed by atoms with Crippen molar-refractivity contribution in [2.24, 2.45) is 0 Å². The zero-order valence-corrected chi connectivity index (χ0v) is 11.8. The van der Waals surface area contributed by atoms with E-state index >= 15 is 0 Å². The van der Waals surface area contributed by atoms with Crippen molar-refractivity contribution in [3.63, 3.8) is 0 Å². The standard InChI is InChI=1S/C16H12F3N3O/c17-16(18,19)14-10(8-21-15(20)22-14)7-12-11-4-2-1-3-9(11)5-6-13(12)23/h1-6,8,23H,7H2,(H2,20,21,22). The van der Waals surface area contributed by atoms with E-state index in [0.717, 1.165) is 11.6 Å². The maximum atomic E-state index is 13.1. The summed E-state index contributed by atoms with van der Waals surface area (Å²) in [6.45, 7) is 0. The van der Waals surface area contributed by atoms with Gasteiger partial charge in [0.15, 0.2) is 5.69 Å². The predicted octanol–water partition coefficient (Wildman–Crippen LogP) is 3.53. The fraction of sp³-hybridized carbons (Fsp3) is 0.125. The van der Waals surface area contributed by atoms with E-state index in [2.05, 4.69) is 9.97 Å². The van der Waals surface area contributed by atoms with Crippen LogP contribution in [0.3, 0.4) is 0 Å². The van der Waals surface area contributed by atoms with Crippen molar-refractivity contribution in [3.05, 3.63) is 59.4 Å². The molecule has 3 rings (SSSR count). The van der Waals surface area contributed by atoms with Crippen LogP contribution in [0.15, 0.2) is 42.6 Å². The van der Waals surface area contributed by atoms with Crippen LogP contribution < -0.4 is 5.73 Å². The highest BCUT2D eigenvalue weighted by Gasteiger charge is 2.36. The van der Waals surface area contributed by atoms with Gasteiger partial charge in [0, 0.05) is 23.7 Å². The summed E-state index contributed by atoms with van der Waals surface area (Å²) in [6, 6.07) is 10.3. The molecule has 0 aliphatic carbocycles. The second-order valence-electron chi connectivity index (χ2n) is 5.06. The molecule has 23 heavy (non-hydrogen) atoms. The Hall–Kier alpha value is -2.83. The number of aromatic nitrogens is 2. The number of hydrogen-bond acceptors (Lipinski definition) is 4. The van der Waals surface area contributed by atoms with Crippen molar-refractivity contribution in [1.29, 1.82) is 0 Å². The van der Waals surface area contributed by atoms with E-state index in [4.69, 9.17) is 5.73 Å². The number of rotatable bonds is 2. The van der Waals surface area contributed by atoms with Gasteiger partial charge in [-0.05, 0) is 16.8 Å². The molecule has 118 valence electrons. The minimum Gasteiger partial charge on any atom is -0.508 e. The second kappa shape index (κ2) is 5.42. The van der Waals surface area contributed by atoms with Crippen LogP contribution in [0.4, 0.5) is 19.1 Å². The molecule has 0 atom stereocenters. The quantitative estimate of drug-likeness (QED) is 0.758. The van der Waals surface area contributed by atoms with Crippen molar-refractivity contribution in [3.8, 4) is 5.75 Å². The number of phenolic OH excluding ortho intramolecular Hbond substituents is 1. The van der Waals surface area contributed by atoms with Crippen molar-refractivity contribution in [2.75, 3.05) is 5.73 Å². The number of aromatic hydroxyl groups is 1. The number of anilines is 1. The Kier molecular flexibility index (Phi) is 3.55. The van der Waals surface area contributed by atoms with E-state index in [1.807, 2.05) is 12.1 Å². The first-order valence-electron chi connectivity index (χ1n) is 6.74. The minimum absolute atomic E-state index is 0.0753. The molecule has 0 amide bonds. The predicted molar refractivity (Wildman–Crippen MR) is 79.9 cm³/mol. The minimum atomic E-state index is -4.65. The number of nitrogens with zero attached hydrogens (tertiary/aromatic N) is 2. The number of nitrogen functional groups attached to an aromatic ring is 1. The lowest BCUT2D eigenvalue weighted by atomic mass is 9.97.